The van der Waals surface area contributed by atoms with Crippen molar-refractivity contribution in [2.24, 2.45) is 11.3 Å². The van der Waals surface area contributed by atoms with Gasteiger partial charge in [0.2, 0.25) is 5.91 Å². The first-order valence-corrected chi connectivity index (χ1v) is 10.2. The van der Waals surface area contributed by atoms with Crippen molar-refractivity contribution in [1.82, 2.24) is 4.90 Å². The summed E-state index contributed by atoms with van der Waals surface area (Å²) in [5.41, 5.74) is -4.68. The van der Waals surface area contributed by atoms with E-state index in [9.17, 15) is 27.9 Å². The van der Waals surface area contributed by atoms with Gasteiger partial charge in [0.1, 0.15) is 11.7 Å². The second kappa shape index (κ2) is 7.25. The van der Waals surface area contributed by atoms with Crippen LogP contribution in [0.1, 0.15) is 50.7 Å². The lowest BCUT2D eigenvalue weighted by Crippen LogP contribution is -2.44. The molecule has 1 saturated carbocycles. The molecule has 2 aliphatic rings. The molecule has 1 heterocycles. The lowest BCUT2D eigenvalue weighted by atomic mass is 9.77. The van der Waals surface area contributed by atoms with Crippen molar-refractivity contribution in [2.75, 3.05) is 6.54 Å². The first-order valence-electron chi connectivity index (χ1n) is 9.43. The van der Waals surface area contributed by atoms with E-state index in [1.54, 1.807) is 6.92 Å². The van der Waals surface area contributed by atoms with E-state index >= 15 is 4.39 Å². The molecule has 1 unspecified atom stereocenters. The van der Waals surface area contributed by atoms with Gasteiger partial charge < -0.3 is 10.0 Å². The van der Waals surface area contributed by atoms with Crippen LogP contribution >= 0.6 is 15.9 Å². The zero-order chi connectivity index (χ0) is 21.8. The number of amides is 1. The van der Waals surface area contributed by atoms with Crippen molar-refractivity contribution in [3.8, 4) is 0 Å². The summed E-state index contributed by atoms with van der Waals surface area (Å²) in [5, 5.41) is 9.56. The van der Waals surface area contributed by atoms with Crippen molar-refractivity contribution in [1.29, 1.82) is 0 Å². The molecule has 1 aromatic carbocycles. The van der Waals surface area contributed by atoms with Gasteiger partial charge in [0.15, 0.2) is 0 Å². The number of carbonyl (C=O) groups is 2. The molecule has 2 fully saturated rings. The fourth-order valence-electron chi connectivity index (χ4n) is 4.19. The fraction of sp³-hybridized carbons (Fsp3) is 0.600. The average Bonchev–Trinajstić information content (AvgIpc) is 3.23. The quantitative estimate of drug-likeness (QED) is 0.594. The Hall–Kier alpha value is -1.64. The van der Waals surface area contributed by atoms with Crippen LogP contribution < -0.4 is 0 Å². The van der Waals surface area contributed by atoms with Crippen molar-refractivity contribution in [3.05, 3.63) is 33.8 Å². The summed E-state index contributed by atoms with van der Waals surface area (Å²) in [7, 11) is 0. The summed E-state index contributed by atoms with van der Waals surface area (Å²) in [6.07, 6.45) is -4.02. The van der Waals surface area contributed by atoms with Gasteiger partial charge in [-0.3, -0.25) is 4.79 Å². The monoisotopic (exact) mass is 479 g/mol. The van der Waals surface area contributed by atoms with Crippen LogP contribution in [0.3, 0.4) is 0 Å². The smallest absolute Gasteiger partial charge is 0.416 e. The van der Waals surface area contributed by atoms with E-state index in [2.05, 4.69) is 15.9 Å². The van der Waals surface area contributed by atoms with Crippen molar-refractivity contribution < 1.29 is 32.3 Å². The molecule has 3 atom stereocenters. The summed E-state index contributed by atoms with van der Waals surface area (Å²) in [5.74, 6) is -2.68. The summed E-state index contributed by atoms with van der Waals surface area (Å²) in [6.45, 7) is 2.94. The number of carboxylic acid groups (broad SMARTS) is 1. The highest BCUT2D eigenvalue weighted by Gasteiger charge is 2.56. The first kappa shape index (κ1) is 22.1. The van der Waals surface area contributed by atoms with E-state index in [1.807, 2.05) is 0 Å². The third-order valence-corrected chi connectivity index (χ3v) is 6.75. The van der Waals surface area contributed by atoms with Gasteiger partial charge in [-0.25, -0.2) is 9.18 Å². The number of carboxylic acids is 1. The van der Waals surface area contributed by atoms with Crippen molar-refractivity contribution in [2.45, 2.75) is 57.4 Å². The molecule has 160 valence electrons. The standard InChI is InChI=1S/C20H22BrF4NO3/c1-3-19(22,13-5-4-12(21)9-14(13)20(23,24)25)11-8-15(16(27)28)26(10-11)17(29)18(2)6-7-18/h4-5,9,11,15H,3,6-8,10H2,1-2H3,(H,27,28)/t11-,15+,19?/m1/s1. The number of alkyl halides is 4. The molecule has 1 amide bonds. The minimum Gasteiger partial charge on any atom is -0.480 e. The highest BCUT2D eigenvalue weighted by atomic mass is 79.9. The summed E-state index contributed by atoms with van der Waals surface area (Å²) in [4.78, 5) is 25.6. The SMILES string of the molecule is CCC(F)(c1ccc(Br)cc1C(F)(F)F)[C@@H]1C[C@@H](C(=O)O)N(C(=O)C2(C)CC2)C1. The topological polar surface area (TPSA) is 57.6 Å². The van der Waals surface area contributed by atoms with Gasteiger partial charge in [0.25, 0.3) is 0 Å². The molecular weight excluding hydrogens is 458 g/mol. The number of hydrogen-bond acceptors (Lipinski definition) is 2. The Morgan fingerprint density at radius 2 is 1.86 bits per heavy atom. The third-order valence-electron chi connectivity index (χ3n) is 6.26. The third kappa shape index (κ3) is 3.90. The maximum Gasteiger partial charge on any atom is 0.416 e. The maximum atomic E-state index is 16.2. The van der Waals surface area contributed by atoms with Crippen LogP contribution in [0.15, 0.2) is 22.7 Å². The van der Waals surface area contributed by atoms with Crippen LogP contribution in [0.25, 0.3) is 0 Å². The van der Waals surface area contributed by atoms with Gasteiger partial charge in [-0.05, 0) is 37.8 Å². The predicted octanol–water partition coefficient (Wildman–Crippen LogP) is 5.14. The molecule has 0 aromatic heterocycles. The van der Waals surface area contributed by atoms with Gasteiger partial charge in [-0.1, -0.05) is 35.8 Å². The Morgan fingerprint density at radius 3 is 2.34 bits per heavy atom. The van der Waals surface area contributed by atoms with Crippen LogP contribution in [0, 0.1) is 11.3 Å². The molecule has 4 nitrogen and oxygen atoms in total. The Labute approximate surface area is 174 Å². The first-order chi connectivity index (χ1) is 13.3. The zero-order valence-corrected chi connectivity index (χ0v) is 17.6. The lowest BCUT2D eigenvalue weighted by molar-refractivity contribution is -0.150. The molecule has 1 aliphatic carbocycles. The minimum absolute atomic E-state index is 0.167. The molecule has 1 saturated heterocycles. The number of carbonyl (C=O) groups excluding carboxylic acids is 1. The highest BCUT2D eigenvalue weighted by Crippen LogP contribution is 2.51. The molecule has 1 aliphatic heterocycles. The maximum absolute atomic E-state index is 16.2. The van der Waals surface area contributed by atoms with E-state index < -0.39 is 46.3 Å². The Kier molecular flexibility index (Phi) is 5.51. The van der Waals surface area contributed by atoms with Crippen LogP contribution in [-0.4, -0.2) is 34.5 Å². The minimum atomic E-state index is -4.77. The summed E-state index contributed by atoms with van der Waals surface area (Å²) >= 11 is 2.99. The molecule has 29 heavy (non-hydrogen) atoms. The van der Waals surface area contributed by atoms with Gasteiger partial charge >= 0.3 is 12.1 Å². The molecule has 1 aromatic rings. The molecule has 0 radical (unpaired) electrons. The van der Waals surface area contributed by atoms with Crippen LogP contribution in [0.5, 0.6) is 0 Å². The molecule has 9 heteroatoms. The molecule has 3 rings (SSSR count). The number of rotatable bonds is 5. The number of hydrogen-bond donors (Lipinski definition) is 1. The second-order valence-corrected chi connectivity index (χ2v) is 9.12. The molecule has 0 bridgehead atoms. The van der Waals surface area contributed by atoms with Gasteiger partial charge in [-0.2, -0.15) is 13.2 Å². The Morgan fingerprint density at radius 1 is 1.24 bits per heavy atom. The van der Waals surface area contributed by atoms with E-state index in [0.717, 1.165) is 17.0 Å². The van der Waals surface area contributed by atoms with Crippen molar-refractivity contribution >= 4 is 27.8 Å². The normalized spacial score (nSPS) is 25.6. The van der Waals surface area contributed by atoms with Gasteiger partial charge in [0.05, 0.1) is 5.56 Å². The largest absolute Gasteiger partial charge is 0.480 e. The molecular formula is C20H22BrF4NO3. The number of halogens is 5. The van der Waals surface area contributed by atoms with E-state index in [1.165, 1.54) is 13.0 Å². The van der Waals surface area contributed by atoms with E-state index in [0.29, 0.717) is 12.8 Å². The Balaban J connectivity index is 2.02. The van der Waals surface area contributed by atoms with Crippen molar-refractivity contribution in [3.63, 3.8) is 0 Å². The van der Waals surface area contributed by atoms with E-state index in [-0.39, 0.29) is 29.8 Å². The number of likely N-dealkylation sites (tertiary alicyclic amines) is 1. The summed E-state index contributed by atoms with van der Waals surface area (Å²) in [6, 6.07) is 2.03. The molecule has 1 N–H and O–H groups in total. The lowest BCUT2D eigenvalue weighted by Gasteiger charge is -2.33. The zero-order valence-electron chi connectivity index (χ0n) is 16.0. The number of benzene rings is 1. The predicted molar refractivity (Wildman–Crippen MR) is 101 cm³/mol. The Bertz CT molecular complexity index is 840. The van der Waals surface area contributed by atoms with Crippen LogP contribution in [0.2, 0.25) is 0 Å². The van der Waals surface area contributed by atoms with Crippen LogP contribution in [0.4, 0.5) is 17.6 Å². The summed E-state index contributed by atoms with van der Waals surface area (Å²) < 4.78 is 57.2. The van der Waals surface area contributed by atoms with Gasteiger partial charge in [-0.15, -0.1) is 0 Å². The number of nitrogens with zero attached hydrogens (tertiary/aromatic N) is 1. The van der Waals surface area contributed by atoms with Gasteiger partial charge in [0, 0.05) is 27.9 Å². The second-order valence-electron chi connectivity index (χ2n) is 8.21. The van der Waals surface area contributed by atoms with E-state index in [4.69, 9.17) is 0 Å². The number of aliphatic carboxylic acids is 1. The average molecular weight is 480 g/mol. The molecule has 0 spiro atoms. The fourth-order valence-corrected chi connectivity index (χ4v) is 4.55. The highest BCUT2D eigenvalue weighted by molar-refractivity contribution is 9.10. The van der Waals surface area contributed by atoms with Crippen LogP contribution in [-0.2, 0) is 21.4 Å².